The molecule has 2 aliphatic heterocycles. The topological polar surface area (TPSA) is 112 Å². The van der Waals surface area contributed by atoms with Crippen molar-refractivity contribution < 1.29 is 24.6 Å². The van der Waals surface area contributed by atoms with E-state index in [0.29, 0.717) is 22.5 Å². The van der Waals surface area contributed by atoms with Crippen molar-refractivity contribution in [2.45, 2.75) is 39.3 Å². The molecule has 26 heavy (non-hydrogen) atoms. The van der Waals surface area contributed by atoms with Gasteiger partial charge in [-0.2, -0.15) is 0 Å². The molecule has 2 N–H and O–H groups in total. The van der Waals surface area contributed by atoms with Crippen LogP contribution in [-0.4, -0.2) is 54.3 Å². The molecule has 4 rings (SSSR count). The summed E-state index contributed by atoms with van der Waals surface area (Å²) in [5, 5.41) is 19.5. The van der Waals surface area contributed by atoms with Gasteiger partial charge in [0.1, 0.15) is 22.5 Å². The molecule has 2 aromatic rings. The number of aryl methyl sites for hydroxylation is 1. The summed E-state index contributed by atoms with van der Waals surface area (Å²) in [7, 11) is 0. The number of β-lactam (4-membered cyclic amide) rings is 1. The number of amides is 1. The highest BCUT2D eigenvalue weighted by Gasteiger charge is 2.57. The molecule has 1 saturated heterocycles. The van der Waals surface area contributed by atoms with E-state index >= 15 is 0 Å². The van der Waals surface area contributed by atoms with Crippen molar-refractivity contribution in [1.29, 1.82) is 0 Å². The number of carboxylic acid groups (broad SMARTS) is 1. The highest BCUT2D eigenvalue weighted by Crippen LogP contribution is 2.49. The Bertz CT molecular complexity index is 1020. The van der Waals surface area contributed by atoms with E-state index in [9.17, 15) is 24.6 Å². The van der Waals surface area contributed by atoms with Crippen LogP contribution in [0.1, 0.15) is 41.3 Å². The molecule has 136 valence electrons. The smallest absolute Gasteiger partial charge is 0.352 e. The van der Waals surface area contributed by atoms with E-state index in [-0.39, 0.29) is 23.4 Å². The van der Waals surface area contributed by atoms with Gasteiger partial charge in [0.15, 0.2) is 5.78 Å². The van der Waals surface area contributed by atoms with Gasteiger partial charge in [0, 0.05) is 18.2 Å². The molecule has 2 aliphatic rings. The van der Waals surface area contributed by atoms with Crippen LogP contribution in [0.3, 0.4) is 0 Å². The zero-order valence-electron chi connectivity index (χ0n) is 14.4. The molecule has 0 radical (unpaired) electrons. The number of thiazole rings is 1. The van der Waals surface area contributed by atoms with Crippen molar-refractivity contribution in [2.75, 3.05) is 0 Å². The third-order valence-corrected chi connectivity index (χ3v) is 6.48. The molecular formula is C17H17N3O5S. The van der Waals surface area contributed by atoms with Gasteiger partial charge >= 0.3 is 5.97 Å². The predicted molar refractivity (Wildman–Crippen MR) is 92.8 cm³/mol. The van der Waals surface area contributed by atoms with E-state index in [0.717, 1.165) is 10.6 Å². The molecule has 0 saturated carbocycles. The van der Waals surface area contributed by atoms with Gasteiger partial charge in [0.2, 0.25) is 5.91 Å². The Balaban J connectivity index is 1.86. The van der Waals surface area contributed by atoms with Gasteiger partial charge in [-0.3, -0.25) is 14.0 Å². The van der Waals surface area contributed by atoms with Crippen molar-refractivity contribution in [3.05, 3.63) is 28.3 Å². The van der Waals surface area contributed by atoms with E-state index in [1.165, 1.54) is 23.2 Å². The van der Waals surface area contributed by atoms with Gasteiger partial charge in [0.05, 0.1) is 22.9 Å². The summed E-state index contributed by atoms with van der Waals surface area (Å²) < 4.78 is 1.77. The second kappa shape index (κ2) is 5.49. The molecule has 0 spiro atoms. The van der Waals surface area contributed by atoms with Crippen LogP contribution in [0.25, 0.3) is 10.4 Å². The summed E-state index contributed by atoms with van der Waals surface area (Å²) in [5.74, 6) is -2.26. The van der Waals surface area contributed by atoms with Gasteiger partial charge in [-0.05, 0) is 20.3 Å². The number of hydrogen-bond acceptors (Lipinski definition) is 6. The van der Waals surface area contributed by atoms with Crippen molar-refractivity contribution in [1.82, 2.24) is 14.3 Å². The standard InChI is InChI=1S/C17H17N3O5S/c1-6-14(26-16-12(8(3)22)18-5-19(6)16)9-4-10-11(7(2)21)15(23)20(10)13(9)17(24)25/h5,7,10-11,21H,4H2,1-3H3,(H,24,25)/t7-,10-,11-/m1/s1. The summed E-state index contributed by atoms with van der Waals surface area (Å²) >= 11 is 1.30. The number of carbonyl (C=O) groups is 3. The van der Waals surface area contributed by atoms with Gasteiger partial charge in [-0.1, -0.05) is 0 Å². The Morgan fingerprint density at radius 1 is 1.42 bits per heavy atom. The van der Waals surface area contributed by atoms with E-state index in [4.69, 9.17) is 0 Å². The third-order valence-electron chi connectivity index (χ3n) is 5.15. The molecule has 0 bridgehead atoms. The fourth-order valence-corrected chi connectivity index (χ4v) is 5.27. The number of fused-ring (bicyclic) bond motifs is 2. The number of aliphatic hydroxyl groups is 1. The Morgan fingerprint density at radius 2 is 2.12 bits per heavy atom. The lowest BCUT2D eigenvalue weighted by Gasteiger charge is -2.44. The summed E-state index contributed by atoms with van der Waals surface area (Å²) in [5.41, 5.74) is 1.67. The van der Waals surface area contributed by atoms with E-state index in [1.807, 2.05) is 6.92 Å². The number of carboxylic acids is 1. The zero-order chi connectivity index (χ0) is 18.9. The summed E-state index contributed by atoms with van der Waals surface area (Å²) in [6, 6.07) is -0.338. The van der Waals surface area contributed by atoms with Gasteiger partial charge in [-0.15, -0.1) is 11.3 Å². The minimum Gasteiger partial charge on any atom is -0.477 e. The highest BCUT2D eigenvalue weighted by atomic mass is 32.1. The average Bonchev–Trinajstić information content (AvgIpc) is 3.18. The van der Waals surface area contributed by atoms with Crippen molar-refractivity contribution in [2.24, 2.45) is 5.92 Å². The minimum absolute atomic E-state index is 0.0261. The first-order valence-corrected chi connectivity index (χ1v) is 9.01. The lowest BCUT2D eigenvalue weighted by molar-refractivity contribution is -0.161. The van der Waals surface area contributed by atoms with E-state index in [2.05, 4.69) is 4.98 Å². The number of nitrogens with zero attached hydrogens (tertiary/aromatic N) is 3. The number of imidazole rings is 1. The first-order valence-electron chi connectivity index (χ1n) is 8.19. The second-order valence-electron chi connectivity index (χ2n) is 6.72. The molecule has 4 heterocycles. The third kappa shape index (κ3) is 2.04. The van der Waals surface area contributed by atoms with Crippen LogP contribution in [0.4, 0.5) is 0 Å². The van der Waals surface area contributed by atoms with Crippen molar-refractivity contribution >= 4 is 39.4 Å². The molecular weight excluding hydrogens is 358 g/mol. The average molecular weight is 375 g/mol. The number of rotatable bonds is 4. The zero-order valence-corrected chi connectivity index (χ0v) is 15.2. The van der Waals surface area contributed by atoms with Crippen LogP contribution >= 0.6 is 11.3 Å². The van der Waals surface area contributed by atoms with Crippen LogP contribution in [0.2, 0.25) is 0 Å². The van der Waals surface area contributed by atoms with Gasteiger partial charge in [-0.25, -0.2) is 9.78 Å². The second-order valence-corrected chi connectivity index (χ2v) is 7.72. The summed E-state index contributed by atoms with van der Waals surface area (Å²) in [6.07, 6.45) is 1.10. The Hall–Kier alpha value is -2.52. The normalized spacial score (nSPS) is 23.4. The Labute approximate surface area is 152 Å². The van der Waals surface area contributed by atoms with Crippen molar-refractivity contribution in [3.8, 4) is 0 Å². The number of aliphatic carboxylic acids is 1. The van der Waals surface area contributed by atoms with Crippen LogP contribution < -0.4 is 0 Å². The van der Waals surface area contributed by atoms with E-state index < -0.39 is 18.0 Å². The van der Waals surface area contributed by atoms with Crippen LogP contribution in [0, 0.1) is 12.8 Å². The molecule has 1 amide bonds. The molecule has 3 atom stereocenters. The molecule has 0 unspecified atom stereocenters. The molecule has 2 aromatic heterocycles. The largest absolute Gasteiger partial charge is 0.477 e. The Kier molecular flexibility index (Phi) is 3.57. The fraction of sp³-hybridized carbons (Fsp3) is 0.412. The number of aromatic nitrogens is 2. The molecule has 0 aromatic carbocycles. The maximum atomic E-state index is 12.3. The van der Waals surface area contributed by atoms with Crippen LogP contribution in [0.15, 0.2) is 12.0 Å². The molecule has 0 aliphatic carbocycles. The van der Waals surface area contributed by atoms with Gasteiger partial charge in [0.25, 0.3) is 0 Å². The maximum absolute atomic E-state index is 12.3. The van der Waals surface area contributed by atoms with E-state index in [1.54, 1.807) is 17.7 Å². The minimum atomic E-state index is -1.16. The summed E-state index contributed by atoms with van der Waals surface area (Å²) in [6.45, 7) is 4.82. The SMILES string of the molecule is CC(=O)c1ncn2c(C)c(C3=C(C(=O)O)N4C(=O)[C@H]([C@@H](C)O)[C@H]4C3)sc12. The van der Waals surface area contributed by atoms with Gasteiger partial charge < -0.3 is 15.1 Å². The molecule has 1 fully saturated rings. The first-order chi connectivity index (χ1) is 12.2. The number of hydrogen-bond donors (Lipinski definition) is 2. The molecule has 8 nitrogen and oxygen atoms in total. The number of aliphatic hydroxyl groups excluding tert-OH is 1. The monoisotopic (exact) mass is 375 g/mol. The summed E-state index contributed by atoms with van der Waals surface area (Å²) in [4.78, 5) is 42.7. The lowest BCUT2D eigenvalue weighted by atomic mass is 9.83. The quantitative estimate of drug-likeness (QED) is 0.616. The lowest BCUT2D eigenvalue weighted by Crippen LogP contribution is -2.61. The number of Topliss-reactive ketones (excluding diaryl/α,β-unsaturated/α-hetero) is 1. The number of carbonyl (C=O) groups excluding carboxylic acids is 2. The van der Waals surface area contributed by atoms with Crippen LogP contribution in [0.5, 0.6) is 0 Å². The number of ketones is 1. The predicted octanol–water partition coefficient (Wildman–Crippen LogP) is 1.31. The highest BCUT2D eigenvalue weighted by molar-refractivity contribution is 7.19. The fourth-order valence-electron chi connectivity index (χ4n) is 3.95. The van der Waals surface area contributed by atoms with Crippen LogP contribution in [-0.2, 0) is 9.59 Å². The Morgan fingerprint density at radius 3 is 2.69 bits per heavy atom. The first kappa shape index (κ1) is 16.9. The maximum Gasteiger partial charge on any atom is 0.352 e. The molecule has 9 heteroatoms. The van der Waals surface area contributed by atoms with Crippen molar-refractivity contribution in [3.63, 3.8) is 0 Å².